The van der Waals surface area contributed by atoms with Gasteiger partial charge in [0, 0.05) is 19.6 Å². The molecule has 1 aliphatic rings. The van der Waals surface area contributed by atoms with E-state index in [1.807, 2.05) is 47.9 Å². The zero-order chi connectivity index (χ0) is 18.3. The van der Waals surface area contributed by atoms with Crippen molar-refractivity contribution in [1.82, 2.24) is 19.7 Å². The van der Waals surface area contributed by atoms with Crippen LogP contribution in [0, 0.1) is 6.92 Å². The topological polar surface area (TPSA) is 70.6 Å². The number of likely N-dealkylation sites (N-methyl/N-ethyl adjacent to an activating group) is 1. The van der Waals surface area contributed by atoms with Crippen LogP contribution in [-0.4, -0.2) is 52.0 Å². The van der Waals surface area contributed by atoms with E-state index in [-0.39, 0.29) is 0 Å². The average Bonchev–Trinajstić information content (AvgIpc) is 3.12. The zero-order valence-corrected chi connectivity index (χ0v) is 15.5. The summed E-state index contributed by atoms with van der Waals surface area (Å²) in [6.45, 7) is 4.99. The van der Waals surface area contributed by atoms with Crippen LogP contribution in [0.25, 0.3) is 11.1 Å². The number of benzene rings is 1. The van der Waals surface area contributed by atoms with E-state index < -0.39 is 6.10 Å². The molecule has 26 heavy (non-hydrogen) atoms. The molecule has 7 heteroatoms. The number of anilines is 1. The summed E-state index contributed by atoms with van der Waals surface area (Å²) in [5.41, 5.74) is 4.67. The highest BCUT2D eigenvalue weighted by Crippen LogP contribution is 2.26. The van der Waals surface area contributed by atoms with Crippen LogP contribution in [0.2, 0.25) is 0 Å². The lowest BCUT2D eigenvalue weighted by Gasteiger charge is -2.17. The maximum absolute atomic E-state index is 10.4. The van der Waals surface area contributed by atoms with Crippen molar-refractivity contribution in [2.24, 2.45) is 0 Å². The lowest BCUT2D eigenvalue weighted by Crippen LogP contribution is -2.23. The second-order valence-corrected chi connectivity index (χ2v) is 7.30. The van der Waals surface area contributed by atoms with Gasteiger partial charge in [-0.3, -0.25) is 4.68 Å². The fraction of sp³-hybridized carbons (Fsp3) is 0.474. The van der Waals surface area contributed by atoms with E-state index in [4.69, 9.17) is 4.42 Å². The third-order valence-corrected chi connectivity index (χ3v) is 4.71. The largest absolute Gasteiger partial charge is 0.423 e. The van der Waals surface area contributed by atoms with Crippen LogP contribution in [-0.2, 0) is 13.1 Å². The quantitative estimate of drug-likeness (QED) is 0.775. The Hall–Kier alpha value is -2.38. The third kappa shape index (κ3) is 3.32. The Bertz CT molecular complexity index is 914. The maximum atomic E-state index is 10.4. The summed E-state index contributed by atoms with van der Waals surface area (Å²) in [4.78, 5) is 8.78. The number of rotatable bonds is 4. The first-order valence-electron chi connectivity index (χ1n) is 9.01. The second-order valence-electron chi connectivity index (χ2n) is 7.30. The van der Waals surface area contributed by atoms with E-state index in [0.29, 0.717) is 19.1 Å². The Morgan fingerprint density at radius 2 is 2.12 bits per heavy atom. The molecule has 3 heterocycles. The van der Waals surface area contributed by atoms with Crippen LogP contribution >= 0.6 is 0 Å². The molecular weight excluding hydrogens is 330 g/mol. The van der Waals surface area contributed by atoms with E-state index in [1.165, 1.54) is 5.56 Å². The summed E-state index contributed by atoms with van der Waals surface area (Å²) in [5.74, 6) is 0. The van der Waals surface area contributed by atoms with Crippen molar-refractivity contribution in [1.29, 1.82) is 0 Å². The molecule has 0 spiro atoms. The molecule has 0 radical (unpaired) electrons. The van der Waals surface area contributed by atoms with Crippen molar-refractivity contribution in [3.8, 4) is 0 Å². The number of hydrogen-bond acceptors (Lipinski definition) is 6. The molecule has 0 amide bonds. The van der Waals surface area contributed by atoms with Gasteiger partial charge in [0.1, 0.15) is 11.6 Å². The highest BCUT2D eigenvalue weighted by molar-refractivity contribution is 5.75. The smallest absolute Gasteiger partial charge is 0.298 e. The molecule has 1 aliphatic heterocycles. The van der Waals surface area contributed by atoms with Gasteiger partial charge in [0.25, 0.3) is 6.01 Å². The highest BCUT2D eigenvalue weighted by atomic mass is 16.4. The second kappa shape index (κ2) is 6.74. The minimum absolute atomic E-state index is 0.560. The van der Waals surface area contributed by atoms with E-state index in [0.717, 1.165) is 42.0 Å². The summed E-state index contributed by atoms with van der Waals surface area (Å²) < 4.78 is 7.97. The lowest BCUT2D eigenvalue weighted by molar-refractivity contribution is 0.133. The van der Waals surface area contributed by atoms with Gasteiger partial charge < -0.3 is 19.3 Å². The molecule has 1 unspecified atom stereocenters. The van der Waals surface area contributed by atoms with Crippen LogP contribution in [0.1, 0.15) is 29.5 Å². The van der Waals surface area contributed by atoms with Crippen molar-refractivity contribution in [2.45, 2.75) is 32.5 Å². The molecule has 0 saturated carbocycles. The molecule has 7 nitrogen and oxygen atoms in total. The van der Waals surface area contributed by atoms with Gasteiger partial charge >= 0.3 is 0 Å². The minimum atomic E-state index is -0.579. The number of fused-ring (bicyclic) bond motifs is 2. The molecule has 1 atom stereocenters. The fourth-order valence-electron chi connectivity index (χ4n) is 3.41. The van der Waals surface area contributed by atoms with Crippen LogP contribution in [0.15, 0.2) is 28.7 Å². The number of aromatic nitrogens is 3. The predicted octanol–water partition coefficient (Wildman–Crippen LogP) is 2.34. The standard InChI is InChI=1S/C19H25N5O2/c1-13-5-6-18-16(9-13)20-19(26-18)23-7-4-8-24-14(11-23)10-15(21-24)17(25)12-22(2)3/h5-6,9-10,17,25H,4,7-8,11-12H2,1-3H3. The van der Waals surface area contributed by atoms with Gasteiger partial charge in [-0.25, -0.2) is 0 Å². The van der Waals surface area contributed by atoms with Gasteiger partial charge in [-0.15, -0.1) is 0 Å². The molecule has 1 aromatic carbocycles. The van der Waals surface area contributed by atoms with Gasteiger partial charge in [-0.2, -0.15) is 10.1 Å². The van der Waals surface area contributed by atoms with Gasteiger partial charge in [0.05, 0.1) is 17.9 Å². The van der Waals surface area contributed by atoms with E-state index in [2.05, 4.69) is 21.9 Å². The lowest BCUT2D eigenvalue weighted by atomic mass is 10.2. The van der Waals surface area contributed by atoms with E-state index in [9.17, 15) is 5.11 Å². The summed E-state index contributed by atoms with van der Waals surface area (Å²) in [5, 5.41) is 15.0. The first-order valence-corrected chi connectivity index (χ1v) is 9.01. The van der Waals surface area contributed by atoms with Crippen LogP contribution in [0.5, 0.6) is 0 Å². The third-order valence-electron chi connectivity index (χ3n) is 4.71. The van der Waals surface area contributed by atoms with Crippen LogP contribution < -0.4 is 4.90 Å². The fourth-order valence-corrected chi connectivity index (χ4v) is 3.41. The van der Waals surface area contributed by atoms with Gasteiger partial charge in [-0.1, -0.05) is 6.07 Å². The molecule has 1 N–H and O–H groups in total. The summed E-state index contributed by atoms with van der Waals surface area (Å²) in [6, 6.07) is 8.70. The van der Waals surface area contributed by atoms with Crippen molar-refractivity contribution in [2.75, 3.05) is 32.1 Å². The highest BCUT2D eigenvalue weighted by Gasteiger charge is 2.22. The van der Waals surface area contributed by atoms with Crippen molar-refractivity contribution < 1.29 is 9.52 Å². The van der Waals surface area contributed by atoms with Crippen molar-refractivity contribution in [3.05, 3.63) is 41.2 Å². The van der Waals surface area contributed by atoms with E-state index in [1.54, 1.807) is 0 Å². The Balaban J connectivity index is 1.59. The number of aliphatic hydroxyl groups excluding tert-OH is 1. The van der Waals surface area contributed by atoms with Gasteiger partial charge in [0.2, 0.25) is 0 Å². The molecule has 0 bridgehead atoms. The SMILES string of the molecule is Cc1ccc2oc(N3CCCn4nc(C(O)CN(C)C)cc4C3)nc2c1. The molecular formula is C19H25N5O2. The number of aliphatic hydroxyl groups is 1. The Labute approximate surface area is 152 Å². The Kier molecular flexibility index (Phi) is 4.42. The van der Waals surface area contributed by atoms with Gasteiger partial charge in [0.15, 0.2) is 5.58 Å². The monoisotopic (exact) mass is 355 g/mol. The summed E-state index contributed by atoms with van der Waals surface area (Å²) in [7, 11) is 3.89. The number of oxazole rings is 1. The first-order chi connectivity index (χ1) is 12.5. The molecule has 138 valence electrons. The van der Waals surface area contributed by atoms with Crippen LogP contribution in [0.4, 0.5) is 6.01 Å². The Morgan fingerprint density at radius 1 is 1.27 bits per heavy atom. The average molecular weight is 355 g/mol. The molecule has 2 aromatic heterocycles. The van der Waals surface area contributed by atoms with Gasteiger partial charge in [-0.05, 0) is 51.2 Å². The number of nitrogens with zero attached hydrogens (tertiary/aromatic N) is 5. The summed E-state index contributed by atoms with van der Waals surface area (Å²) >= 11 is 0. The van der Waals surface area contributed by atoms with Crippen LogP contribution in [0.3, 0.4) is 0 Å². The summed E-state index contributed by atoms with van der Waals surface area (Å²) in [6.07, 6.45) is 0.375. The zero-order valence-electron chi connectivity index (χ0n) is 15.5. The molecule has 0 aliphatic carbocycles. The Morgan fingerprint density at radius 3 is 2.92 bits per heavy atom. The number of aryl methyl sites for hydroxylation is 2. The maximum Gasteiger partial charge on any atom is 0.298 e. The van der Waals surface area contributed by atoms with Crippen molar-refractivity contribution >= 4 is 17.1 Å². The first kappa shape index (κ1) is 17.1. The van der Waals surface area contributed by atoms with Crippen molar-refractivity contribution in [3.63, 3.8) is 0 Å². The molecule has 0 saturated heterocycles. The van der Waals surface area contributed by atoms with E-state index >= 15 is 0 Å². The molecule has 0 fully saturated rings. The predicted molar refractivity (Wildman–Crippen MR) is 100 cm³/mol. The normalized spacial score (nSPS) is 16.1. The molecule has 4 rings (SSSR count). The minimum Gasteiger partial charge on any atom is -0.423 e. The molecule has 3 aromatic rings. The number of hydrogen-bond donors (Lipinski definition) is 1.